The molecule has 82 valence electrons. The molecule has 3 nitrogen and oxygen atoms in total. The minimum absolute atomic E-state index is 0.123. The van der Waals surface area contributed by atoms with Gasteiger partial charge in [-0.15, -0.1) is 0 Å². The van der Waals surface area contributed by atoms with Crippen molar-refractivity contribution in [3.8, 4) is 11.4 Å². The maximum atomic E-state index is 11.4. The average Bonchev–Trinajstić information content (AvgIpc) is 2.26. The fourth-order valence-electron chi connectivity index (χ4n) is 1.32. The highest BCUT2D eigenvalue weighted by Gasteiger charge is 2.06. The molecule has 0 amide bonds. The Bertz CT molecular complexity index is 576. The Morgan fingerprint density at radius 1 is 1.19 bits per heavy atom. The molecule has 1 aromatic heterocycles. The largest absolute Gasteiger partial charge is 0.305 e. The number of nitrogens with one attached hydrogen (secondary N) is 1. The molecule has 1 N–H and O–H groups in total. The summed E-state index contributed by atoms with van der Waals surface area (Å²) in [5, 5.41) is 0.759. The van der Waals surface area contributed by atoms with Gasteiger partial charge in [-0.25, -0.2) is 4.98 Å². The molecular weight excluding hydrogens is 247 g/mol. The number of nitrogens with zero attached hydrogens (tertiary/aromatic N) is 1. The van der Waals surface area contributed by atoms with Crippen LogP contribution in [0.1, 0.15) is 5.69 Å². The van der Waals surface area contributed by atoms with Crippen LogP contribution in [0.25, 0.3) is 11.4 Å². The fourth-order valence-corrected chi connectivity index (χ4v) is 1.53. The van der Waals surface area contributed by atoms with E-state index in [2.05, 4.69) is 9.97 Å². The third kappa shape index (κ3) is 2.10. The van der Waals surface area contributed by atoms with Crippen molar-refractivity contribution in [1.29, 1.82) is 0 Å². The van der Waals surface area contributed by atoms with E-state index in [0.717, 1.165) is 5.56 Å². The van der Waals surface area contributed by atoms with Gasteiger partial charge < -0.3 is 4.98 Å². The average molecular weight is 255 g/mol. The number of hydrogen-bond donors (Lipinski definition) is 1. The summed E-state index contributed by atoms with van der Waals surface area (Å²) in [4.78, 5) is 18.3. The van der Waals surface area contributed by atoms with Crippen LogP contribution in [0.4, 0.5) is 0 Å². The second-order valence-corrected chi connectivity index (χ2v) is 4.14. The van der Waals surface area contributed by atoms with E-state index >= 15 is 0 Å². The Balaban J connectivity index is 2.57. The van der Waals surface area contributed by atoms with Gasteiger partial charge in [0.05, 0.1) is 5.69 Å². The van der Waals surface area contributed by atoms with Crippen molar-refractivity contribution in [1.82, 2.24) is 9.97 Å². The molecule has 0 unspecified atom stereocenters. The van der Waals surface area contributed by atoms with Gasteiger partial charge in [-0.3, -0.25) is 4.79 Å². The predicted octanol–water partition coefficient (Wildman–Crippen LogP) is 3.05. The molecule has 1 aromatic carbocycles. The van der Waals surface area contributed by atoms with Crippen molar-refractivity contribution in [3.05, 3.63) is 50.4 Å². The topological polar surface area (TPSA) is 45.8 Å². The standard InChI is InChI=1S/C11H8Cl2N2O/c1-6-9(13)11(16)15-10(14-6)7-2-4-8(12)5-3-7/h2-5H,1H3,(H,14,15,16). The molecule has 0 atom stereocenters. The Kier molecular flexibility index (Phi) is 2.99. The van der Waals surface area contributed by atoms with Gasteiger partial charge in [-0.05, 0) is 31.2 Å². The SMILES string of the molecule is Cc1nc(-c2ccc(Cl)cc2)[nH]c(=O)c1Cl. The van der Waals surface area contributed by atoms with E-state index in [1.807, 2.05) is 0 Å². The van der Waals surface area contributed by atoms with Crippen molar-refractivity contribution >= 4 is 23.2 Å². The molecule has 0 saturated heterocycles. The number of rotatable bonds is 1. The third-order valence-electron chi connectivity index (χ3n) is 2.15. The number of aromatic nitrogens is 2. The molecule has 1 heterocycles. The third-order valence-corrected chi connectivity index (χ3v) is 2.84. The summed E-state index contributed by atoms with van der Waals surface area (Å²) < 4.78 is 0. The van der Waals surface area contributed by atoms with Crippen LogP contribution >= 0.6 is 23.2 Å². The van der Waals surface area contributed by atoms with E-state index in [-0.39, 0.29) is 10.6 Å². The molecular formula is C11H8Cl2N2O. The molecule has 0 aliphatic heterocycles. The molecule has 0 saturated carbocycles. The predicted molar refractivity (Wildman–Crippen MR) is 65.1 cm³/mol. The Morgan fingerprint density at radius 2 is 1.81 bits per heavy atom. The first-order valence-electron chi connectivity index (χ1n) is 4.60. The van der Waals surface area contributed by atoms with E-state index in [1.165, 1.54) is 0 Å². The number of aryl methyl sites for hydroxylation is 1. The number of hydrogen-bond acceptors (Lipinski definition) is 2. The van der Waals surface area contributed by atoms with Crippen molar-refractivity contribution < 1.29 is 0 Å². The fraction of sp³-hybridized carbons (Fsp3) is 0.0909. The molecule has 16 heavy (non-hydrogen) atoms. The molecule has 0 bridgehead atoms. The molecule has 0 fully saturated rings. The van der Waals surface area contributed by atoms with Gasteiger partial charge in [0.25, 0.3) is 5.56 Å². The maximum absolute atomic E-state index is 11.4. The maximum Gasteiger partial charge on any atom is 0.270 e. The summed E-state index contributed by atoms with van der Waals surface area (Å²) in [5.41, 5.74) is 0.968. The van der Waals surface area contributed by atoms with Crippen molar-refractivity contribution in [2.75, 3.05) is 0 Å². The van der Waals surface area contributed by atoms with Gasteiger partial charge in [0, 0.05) is 10.6 Å². The Hall–Kier alpha value is -1.32. The molecule has 0 aliphatic carbocycles. The summed E-state index contributed by atoms with van der Waals surface area (Å²) in [7, 11) is 0. The summed E-state index contributed by atoms with van der Waals surface area (Å²) in [6, 6.07) is 7.05. The second-order valence-electron chi connectivity index (χ2n) is 3.32. The first kappa shape index (κ1) is 11.2. The van der Waals surface area contributed by atoms with Gasteiger partial charge in [0.1, 0.15) is 10.8 Å². The number of aromatic amines is 1. The van der Waals surface area contributed by atoms with Gasteiger partial charge >= 0.3 is 0 Å². The van der Waals surface area contributed by atoms with E-state index in [0.29, 0.717) is 16.5 Å². The first-order valence-corrected chi connectivity index (χ1v) is 5.36. The van der Waals surface area contributed by atoms with Crippen LogP contribution in [0.2, 0.25) is 10.0 Å². The molecule has 0 radical (unpaired) electrons. The van der Waals surface area contributed by atoms with Crippen LogP contribution in [-0.4, -0.2) is 9.97 Å². The van der Waals surface area contributed by atoms with Crippen LogP contribution in [0.15, 0.2) is 29.1 Å². The van der Waals surface area contributed by atoms with Crippen LogP contribution in [0.3, 0.4) is 0 Å². The van der Waals surface area contributed by atoms with Gasteiger partial charge in [0.15, 0.2) is 0 Å². The normalized spacial score (nSPS) is 10.4. The molecule has 2 rings (SSSR count). The van der Waals surface area contributed by atoms with Crippen molar-refractivity contribution in [2.24, 2.45) is 0 Å². The smallest absolute Gasteiger partial charge is 0.270 e. The zero-order valence-electron chi connectivity index (χ0n) is 8.42. The number of halogens is 2. The zero-order valence-corrected chi connectivity index (χ0v) is 9.93. The van der Waals surface area contributed by atoms with Gasteiger partial charge in [-0.2, -0.15) is 0 Å². The van der Waals surface area contributed by atoms with E-state index in [9.17, 15) is 4.79 Å². The number of benzene rings is 1. The summed E-state index contributed by atoms with van der Waals surface area (Å²) >= 11 is 11.5. The van der Waals surface area contributed by atoms with Gasteiger partial charge in [0.2, 0.25) is 0 Å². The van der Waals surface area contributed by atoms with Crippen LogP contribution in [0.5, 0.6) is 0 Å². The minimum atomic E-state index is -0.334. The lowest BCUT2D eigenvalue weighted by Crippen LogP contribution is -2.11. The highest BCUT2D eigenvalue weighted by molar-refractivity contribution is 6.31. The van der Waals surface area contributed by atoms with E-state index in [1.54, 1.807) is 31.2 Å². The monoisotopic (exact) mass is 254 g/mol. The number of H-pyrrole nitrogens is 1. The second kappa shape index (κ2) is 4.28. The highest BCUT2D eigenvalue weighted by atomic mass is 35.5. The summed E-state index contributed by atoms with van der Waals surface area (Å²) in [6.07, 6.45) is 0. The van der Waals surface area contributed by atoms with Crippen LogP contribution in [0, 0.1) is 6.92 Å². The summed E-state index contributed by atoms with van der Waals surface area (Å²) in [6.45, 7) is 1.69. The zero-order chi connectivity index (χ0) is 11.7. The molecule has 0 aliphatic rings. The quantitative estimate of drug-likeness (QED) is 0.851. The molecule has 2 aromatic rings. The first-order chi connectivity index (χ1) is 7.58. The molecule has 0 spiro atoms. The molecule has 5 heteroatoms. The Morgan fingerprint density at radius 3 is 2.38 bits per heavy atom. The van der Waals surface area contributed by atoms with E-state index < -0.39 is 0 Å². The van der Waals surface area contributed by atoms with Gasteiger partial charge in [-0.1, -0.05) is 23.2 Å². The van der Waals surface area contributed by atoms with E-state index in [4.69, 9.17) is 23.2 Å². The summed E-state index contributed by atoms with van der Waals surface area (Å²) in [5.74, 6) is 0.489. The highest BCUT2D eigenvalue weighted by Crippen LogP contribution is 2.18. The lowest BCUT2D eigenvalue weighted by molar-refractivity contribution is 1.07. The lowest BCUT2D eigenvalue weighted by atomic mass is 10.2. The van der Waals surface area contributed by atoms with Crippen LogP contribution < -0.4 is 5.56 Å². The van der Waals surface area contributed by atoms with Crippen molar-refractivity contribution in [2.45, 2.75) is 6.92 Å². The van der Waals surface area contributed by atoms with Crippen molar-refractivity contribution in [3.63, 3.8) is 0 Å². The Labute approximate surface area is 102 Å². The van der Waals surface area contributed by atoms with Crippen LogP contribution in [-0.2, 0) is 0 Å². The minimum Gasteiger partial charge on any atom is -0.305 e. The lowest BCUT2D eigenvalue weighted by Gasteiger charge is -2.03.